The zero-order valence-electron chi connectivity index (χ0n) is 13.5. The molecule has 1 aliphatic heterocycles. The molecule has 0 N–H and O–H groups in total. The van der Waals surface area contributed by atoms with E-state index in [1.54, 1.807) is 11.3 Å². The number of anilines is 1. The van der Waals surface area contributed by atoms with Gasteiger partial charge in [-0.05, 0) is 30.0 Å². The number of alkyl halides is 3. The summed E-state index contributed by atoms with van der Waals surface area (Å²) in [5.41, 5.74) is -0.751. The Morgan fingerprint density at radius 3 is 2.48 bits per heavy atom. The first kappa shape index (κ1) is 17.7. The monoisotopic (exact) mass is 369 g/mol. The molecule has 8 heteroatoms. The first-order chi connectivity index (χ1) is 11.9. The minimum Gasteiger partial charge on any atom is -0.353 e. The molecule has 3 heterocycles. The number of thiophene rings is 1. The van der Waals surface area contributed by atoms with Gasteiger partial charge in [0, 0.05) is 43.7 Å². The third-order valence-corrected chi connectivity index (χ3v) is 5.13. The summed E-state index contributed by atoms with van der Waals surface area (Å²) in [5.74, 6) is 0.632. The highest BCUT2D eigenvalue weighted by molar-refractivity contribution is 7.09. The van der Waals surface area contributed by atoms with E-state index >= 15 is 0 Å². The molecule has 0 radical (unpaired) electrons. The van der Waals surface area contributed by atoms with Gasteiger partial charge in [-0.2, -0.15) is 13.2 Å². The van der Waals surface area contributed by atoms with Crippen LogP contribution in [0.15, 0.2) is 35.8 Å². The maximum absolute atomic E-state index is 12.6. The van der Waals surface area contributed by atoms with E-state index in [9.17, 15) is 18.0 Å². The average Bonchev–Trinajstić information content (AvgIpc) is 3.13. The number of aryl methyl sites for hydroxylation is 1. The van der Waals surface area contributed by atoms with Crippen LogP contribution in [0.5, 0.6) is 0 Å². The number of carbonyl (C=O) groups is 1. The quantitative estimate of drug-likeness (QED) is 0.828. The summed E-state index contributed by atoms with van der Waals surface area (Å²) in [7, 11) is 0. The Balaban J connectivity index is 1.50. The van der Waals surface area contributed by atoms with E-state index in [1.807, 2.05) is 27.3 Å². The van der Waals surface area contributed by atoms with Gasteiger partial charge >= 0.3 is 6.18 Å². The maximum atomic E-state index is 12.6. The molecular weight excluding hydrogens is 351 g/mol. The predicted molar refractivity (Wildman–Crippen MR) is 90.7 cm³/mol. The topological polar surface area (TPSA) is 36.4 Å². The second-order valence-corrected chi connectivity index (χ2v) is 6.88. The Kier molecular flexibility index (Phi) is 5.27. The molecule has 0 atom stereocenters. The number of halogens is 3. The van der Waals surface area contributed by atoms with Gasteiger partial charge in [0.1, 0.15) is 5.82 Å². The van der Waals surface area contributed by atoms with E-state index in [2.05, 4.69) is 4.98 Å². The molecule has 134 valence electrons. The van der Waals surface area contributed by atoms with Crippen molar-refractivity contribution in [3.05, 3.63) is 46.3 Å². The highest BCUT2D eigenvalue weighted by atomic mass is 32.1. The fourth-order valence-electron chi connectivity index (χ4n) is 2.77. The van der Waals surface area contributed by atoms with Crippen LogP contribution in [-0.2, 0) is 17.4 Å². The fourth-order valence-corrected chi connectivity index (χ4v) is 3.48. The molecule has 1 amide bonds. The van der Waals surface area contributed by atoms with Gasteiger partial charge in [-0.15, -0.1) is 11.3 Å². The van der Waals surface area contributed by atoms with Crippen molar-refractivity contribution in [2.75, 3.05) is 31.1 Å². The number of hydrogen-bond acceptors (Lipinski definition) is 4. The molecule has 0 aliphatic carbocycles. The molecule has 1 aliphatic rings. The fraction of sp³-hybridized carbons (Fsp3) is 0.412. The standard InChI is InChI=1S/C17H18F3N3OS/c18-17(19,20)13-3-5-15(21-12-13)22-7-9-23(10-8-22)16(24)6-4-14-2-1-11-25-14/h1-3,5,11-12H,4,6-10H2. The molecule has 3 rings (SSSR count). The Morgan fingerprint density at radius 1 is 1.16 bits per heavy atom. The van der Waals surface area contributed by atoms with Gasteiger partial charge in [-0.1, -0.05) is 6.07 Å². The highest BCUT2D eigenvalue weighted by Crippen LogP contribution is 2.29. The summed E-state index contributed by atoms with van der Waals surface area (Å²) in [4.78, 5) is 21.1. The molecule has 2 aromatic heterocycles. The van der Waals surface area contributed by atoms with Crippen LogP contribution in [0.25, 0.3) is 0 Å². The van der Waals surface area contributed by atoms with Crippen molar-refractivity contribution in [3.8, 4) is 0 Å². The predicted octanol–water partition coefficient (Wildman–Crippen LogP) is 3.44. The first-order valence-electron chi connectivity index (χ1n) is 8.02. The molecule has 0 saturated carbocycles. The van der Waals surface area contributed by atoms with Gasteiger partial charge in [-0.25, -0.2) is 4.98 Å². The number of pyridine rings is 1. The lowest BCUT2D eigenvalue weighted by atomic mass is 10.2. The minimum absolute atomic E-state index is 0.119. The van der Waals surface area contributed by atoms with Crippen LogP contribution in [-0.4, -0.2) is 42.0 Å². The number of hydrogen-bond donors (Lipinski definition) is 0. The average molecular weight is 369 g/mol. The van der Waals surface area contributed by atoms with Crippen LogP contribution in [0.4, 0.5) is 19.0 Å². The van der Waals surface area contributed by atoms with Gasteiger partial charge < -0.3 is 9.80 Å². The van der Waals surface area contributed by atoms with Crippen LogP contribution in [0.3, 0.4) is 0 Å². The van der Waals surface area contributed by atoms with Gasteiger partial charge in [0.25, 0.3) is 0 Å². The van der Waals surface area contributed by atoms with Crippen molar-refractivity contribution >= 4 is 23.1 Å². The van der Waals surface area contributed by atoms with Crippen molar-refractivity contribution in [3.63, 3.8) is 0 Å². The van der Waals surface area contributed by atoms with Gasteiger partial charge in [-0.3, -0.25) is 4.79 Å². The lowest BCUT2D eigenvalue weighted by molar-refractivity contribution is -0.137. The molecule has 25 heavy (non-hydrogen) atoms. The van der Waals surface area contributed by atoms with E-state index in [0.717, 1.165) is 18.7 Å². The van der Waals surface area contributed by atoms with E-state index in [4.69, 9.17) is 0 Å². The summed E-state index contributed by atoms with van der Waals surface area (Å²) in [6, 6.07) is 6.42. The summed E-state index contributed by atoms with van der Waals surface area (Å²) >= 11 is 1.64. The summed E-state index contributed by atoms with van der Waals surface area (Å²) in [5, 5.41) is 2.00. The van der Waals surface area contributed by atoms with Crippen LogP contribution in [0.1, 0.15) is 16.9 Å². The number of carbonyl (C=O) groups excluding carboxylic acids is 1. The number of piperazine rings is 1. The number of nitrogens with zero attached hydrogens (tertiary/aromatic N) is 3. The van der Waals surface area contributed by atoms with Crippen LogP contribution >= 0.6 is 11.3 Å². The maximum Gasteiger partial charge on any atom is 0.417 e. The molecule has 0 unspecified atom stereocenters. The van der Waals surface area contributed by atoms with Crippen LogP contribution in [0, 0.1) is 0 Å². The van der Waals surface area contributed by atoms with E-state index in [1.165, 1.54) is 10.9 Å². The molecule has 1 fully saturated rings. The SMILES string of the molecule is O=C(CCc1cccs1)N1CCN(c2ccc(C(F)(F)F)cn2)CC1. The van der Waals surface area contributed by atoms with Gasteiger partial charge in [0.15, 0.2) is 0 Å². The van der Waals surface area contributed by atoms with Crippen molar-refractivity contribution in [1.29, 1.82) is 0 Å². The normalized spacial score (nSPS) is 15.5. The van der Waals surface area contributed by atoms with Crippen molar-refractivity contribution < 1.29 is 18.0 Å². The van der Waals surface area contributed by atoms with E-state index in [0.29, 0.717) is 38.4 Å². The zero-order valence-corrected chi connectivity index (χ0v) is 14.3. The second kappa shape index (κ2) is 7.43. The van der Waals surface area contributed by atoms with Gasteiger partial charge in [0.2, 0.25) is 5.91 Å². The first-order valence-corrected chi connectivity index (χ1v) is 8.90. The zero-order chi connectivity index (χ0) is 17.9. The molecule has 1 saturated heterocycles. The Hall–Kier alpha value is -2.09. The van der Waals surface area contributed by atoms with Crippen LogP contribution < -0.4 is 4.90 Å². The van der Waals surface area contributed by atoms with Crippen molar-refractivity contribution in [2.24, 2.45) is 0 Å². The molecule has 2 aromatic rings. The Morgan fingerprint density at radius 2 is 1.92 bits per heavy atom. The number of aromatic nitrogens is 1. The van der Waals surface area contributed by atoms with Crippen molar-refractivity contribution in [2.45, 2.75) is 19.0 Å². The minimum atomic E-state index is -4.38. The molecule has 0 aromatic carbocycles. The molecule has 0 bridgehead atoms. The van der Waals surface area contributed by atoms with Crippen LogP contribution in [0.2, 0.25) is 0 Å². The Labute approximate surface area is 147 Å². The summed E-state index contributed by atoms with van der Waals surface area (Å²) in [6.45, 7) is 2.27. The second-order valence-electron chi connectivity index (χ2n) is 5.85. The molecular formula is C17H18F3N3OS. The smallest absolute Gasteiger partial charge is 0.353 e. The van der Waals surface area contributed by atoms with E-state index < -0.39 is 11.7 Å². The lowest BCUT2D eigenvalue weighted by Crippen LogP contribution is -2.49. The summed E-state index contributed by atoms with van der Waals surface area (Å²) < 4.78 is 37.7. The third kappa shape index (κ3) is 4.50. The van der Waals surface area contributed by atoms with Gasteiger partial charge in [0.05, 0.1) is 5.56 Å². The molecule has 4 nitrogen and oxygen atoms in total. The lowest BCUT2D eigenvalue weighted by Gasteiger charge is -2.35. The van der Waals surface area contributed by atoms with E-state index in [-0.39, 0.29) is 5.91 Å². The van der Waals surface area contributed by atoms with Crippen molar-refractivity contribution in [1.82, 2.24) is 9.88 Å². The highest BCUT2D eigenvalue weighted by Gasteiger charge is 2.31. The third-order valence-electron chi connectivity index (χ3n) is 4.20. The largest absolute Gasteiger partial charge is 0.417 e. The Bertz CT molecular complexity index is 693. The number of rotatable bonds is 4. The molecule has 0 spiro atoms. The summed E-state index contributed by atoms with van der Waals surface area (Å²) in [6.07, 6.45) is -2.29. The number of amides is 1.